The van der Waals surface area contributed by atoms with Gasteiger partial charge < -0.3 is 15.3 Å². The molecule has 108 valence electrons. The fourth-order valence-electron chi connectivity index (χ4n) is 2.51. The lowest BCUT2D eigenvalue weighted by atomic mass is 9.89. The highest BCUT2D eigenvalue weighted by molar-refractivity contribution is 5.25. The normalized spacial score (nSPS) is 16.3. The maximum atomic E-state index is 9.90. The second kappa shape index (κ2) is 7.63. The van der Waals surface area contributed by atoms with E-state index in [9.17, 15) is 5.11 Å². The zero-order valence-electron chi connectivity index (χ0n) is 12.7. The molecular formula is C16H28N2O. The van der Waals surface area contributed by atoms with Crippen LogP contribution in [0.3, 0.4) is 0 Å². The summed E-state index contributed by atoms with van der Waals surface area (Å²) in [5.41, 5.74) is 0.744. The Morgan fingerprint density at radius 1 is 1.32 bits per heavy atom. The van der Waals surface area contributed by atoms with Crippen molar-refractivity contribution >= 4 is 0 Å². The molecule has 1 rings (SSSR count). The summed E-state index contributed by atoms with van der Waals surface area (Å²) in [6.45, 7) is 5.34. The minimum absolute atomic E-state index is 0.0939. The van der Waals surface area contributed by atoms with E-state index in [0.717, 1.165) is 12.1 Å². The molecule has 0 spiro atoms. The van der Waals surface area contributed by atoms with Gasteiger partial charge in [-0.2, -0.15) is 0 Å². The van der Waals surface area contributed by atoms with Crippen LogP contribution in [0, 0.1) is 0 Å². The third-order valence-electron chi connectivity index (χ3n) is 4.05. The number of hydrogen-bond acceptors (Lipinski definition) is 3. The third-order valence-corrected chi connectivity index (χ3v) is 4.05. The smallest absolute Gasteiger partial charge is 0.0795 e. The van der Waals surface area contributed by atoms with Crippen LogP contribution in [0.4, 0.5) is 0 Å². The van der Waals surface area contributed by atoms with Crippen molar-refractivity contribution in [2.75, 3.05) is 27.2 Å². The van der Waals surface area contributed by atoms with Gasteiger partial charge >= 0.3 is 0 Å². The maximum Gasteiger partial charge on any atom is 0.0795 e. The molecule has 0 saturated heterocycles. The van der Waals surface area contributed by atoms with Gasteiger partial charge in [-0.3, -0.25) is 0 Å². The first-order valence-corrected chi connectivity index (χ1v) is 7.15. The van der Waals surface area contributed by atoms with Crippen LogP contribution in [0.1, 0.15) is 32.3 Å². The zero-order chi connectivity index (χ0) is 14.3. The molecule has 2 unspecified atom stereocenters. The number of aliphatic hydroxyl groups excluding tert-OH is 1. The van der Waals surface area contributed by atoms with E-state index in [1.165, 1.54) is 12.8 Å². The molecule has 3 nitrogen and oxygen atoms in total. The number of nitrogens with one attached hydrogen (secondary N) is 1. The van der Waals surface area contributed by atoms with E-state index in [0.29, 0.717) is 6.04 Å². The average Bonchev–Trinajstić information content (AvgIpc) is 2.46. The Bertz CT molecular complexity index is 349. The molecule has 1 aromatic carbocycles. The Balaban J connectivity index is 2.88. The Morgan fingerprint density at radius 2 is 1.95 bits per heavy atom. The Kier molecular flexibility index (Phi) is 6.49. The molecule has 0 heterocycles. The Labute approximate surface area is 117 Å². The van der Waals surface area contributed by atoms with Gasteiger partial charge in [0.2, 0.25) is 0 Å². The first-order valence-electron chi connectivity index (χ1n) is 7.15. The molecule has 0 aromatic heterocycles. The van der Waals surface area contributed by atoms with Crippen LogP contribution in [0.15, 0.2) is 30.3 Å². The van der Waals surface area contributed by atoms with Gasteiger partial charge in [0.1, 0.15) is 0 Å². The molecule has 0 fully saturated rings. The minimum atomic E-state index is -0.391. The van der Waals surface area contributed by atoms with Crippen LogP contribution < -0.4 is 5.32 Å². The topological polar surface area (TPSA) is 35.5 Å². The summed E-state index contributed by atoms with van der Waals surface area (Å²) in [6, 6.07) is 10.7. The molecular weight excluding hydrogens is 236 g/mol. The lowest BCUT2D eigenvalue weighted by Gasteiger charge is -2.38. The van der Waals surface area contributed by atoms with E-state index < -0.39 is 5.54 Å². The summed E-state index contributed by atoms with van der Waals surface area (Å²) >= 11 is 0. The molecule has 0 saturated carbocycles. The van der Waals surface area contributed by atoms with Crippen molar-refractivity contribution in [2.45, 2.75) is 38.3 Å². The van der Waals surface area contributed by atoms with Gasteiger partial charge in [0.25, 0.3) is 0 Å². The van der Waals surface area contributed by atoms with Gasteiger partial charge in [0.05, 0.1) is 12.1 Å². The monoisotopic (exact) mass is 264 g/mol. The highest BCUT2D eigenvalue weighted by atomic mass is 16.3. The number of benzene rings is 1. The van der Waals surface area contributed by atoms with Crippen LogP contribution in [0.25, 0.3) is 0 Å². The summed E-state index contributed by atoms with van der Waals surface area (Å²) in [5.74, 6) is 0. The highest BCUT2D eigenvalue weighted by Crippen LogP contribution is 2.22. The molecule has 0 amide bonds. The van der Waals surface area contributed by atoms with Crippen molar-refractivity contribution in [3.63, 3.8) is 0 Å². The van der Waals surface area contributed by atoms with Gasteiger partial charge in [0.15, 0.2) is 0 Å². The SMILES string of the molecule is CCCC(C)N(C)CC(CO)(NC)c1ccccc1. The van der Waals surface area contributed by atoms with Crippen LogP contribution >= 0.6 is 0 Å². The molecule has 0 radical (unpaired) electrons. The number of likely N-dealkylation sites (N-methyl/N-ethyl adjacent to an activating group) is 2. The molecule has 0 aliphatic heterocycles. The van der Waals surface area contributed by atoms with E-state index in [4.69, 9.17) is 0 Å². The summed E-state index contributed by atoms with van der Waals surface area (Å²) in [4.78, 5) is 2.32. The summed E-state index contributed by atoms with van der Waals surface area (Å²) in [6.07, 6.45) is 2.36. The molecule has 2 atom stereocenters. The van der Waals surface area contributed by atoms with Crippen molar-refractivity contribution < 1.29 is 5.11 Å². The van der Waals surface area contributed by atoms with Crippen LogP contribution in [0.5, 0.6) is 0 Å². The fourth-order valence-corrected chi connectivity index (χ4v) is 2.51. The van der Waals surface area contributed by atoms with Gasteiger partial charge in [0, 0.05) is 12.6 Å². The average molecular weight is 264 g/mol. The van der Waals surface area contributed by atoms with Gasteiger partial charge in [-0.15, -0.1) is 0 Å². The second-order valence-electron chi connectivity index (χ2n) is 5.41. The van der Waals surface area contributed by atoms with Crippen molar-refractivity contribution in [2.24, 2.45) is 0 Å². The molecule has 0 bridgehead atoms. The van der Waals surface area contributed by atoms with Gasteiger partial charge in [-0.05, 0) is 33.0 Å². The first-order chi connectivity index (χ1) is 9.09. The van der Waals surface area contributed by atoms with E-state index in [1.54, 1.807) is 0 Å². The zero-order valence-corrected chi connectivity index (χ0v) is 12.7. The summed E-state index contributed by atoms with van der Waals surface area (Å²) < 4.78 is 0. The maximum absolute atomic E-state index is 9.90. The van der Waals surface area contributed by atoms with E-state index in [2.05, 4.69) is 43.2 Å². The lowest BCUT2D eigenvalue weighted by molar-refractivity contribution is 0.105. The third kappa shape index (κ3) is 4.03. The number of nitrogens with zero attached hydrogens (tertiary/aromatic N) is 1. The number of aliphatic hydroxyl groups is 1. The quantitative estimate of drug-likeness (QED) is 0.756. The molecule has 3 heteroatoms. The van der Waals surface area contributed by atoms with Gasteiger partial charge in [-0.25, -0.2) is 0 Å². The van der Waals surface area contributed by atoms with Crippen LogP contribution in [-0.2, 0) is 5.54 Å². The van der Waals surface area contributed by atoms with Crippen molar-refractivity contribution in [3.05, 3.63) is 35.9 Å². The standard InChI is InChI=1S/C16H28N2O/c1-5-9-14(2)18(4)12-16(13-19,17-3)15-10-7-6-8-11-15/h6-8,10-11,14,17,19H,5,9,12-13H2,1-4H3. The Hall–Kier alpha value is -0.900. The predicted octanol–water partition coefficient (Wildman–Crippen LogP) is 2.21. The minimum Gasteiger partial charge on any atom is -0.394 e. The first kappa shape index (κ1) is 16.2. The van der Waals surface area contributed by atoms with E-state index in [1.807, 2.05) is 25.2 Å². The fraction of sp³-hybridized carbons (Fsp3) is 0.625. The van der Waals surface area contributed by atoms with Crippen molar-refractivity contribution in [1.29, 1.82) is 0 Å². The van der Waals surface area contributed by atoms with Crippen LogP contribution in [0.2, 0.25) is 0 Å². The molecule has 19 heavy (non-hydrogen) atoms. The number of rotatable bonds is 8. The van der Waals surface area contributed by atoms with E-state index >= 15 is 0 Å². The van der Waals surface area contributed by atoms with Crippen molar-refractivity contribution in [1.82, 2.24) is 10.2 Å². The van der Waals surface area contributed by atoms with Gasteiger partial charge in [-0.1, -0.05) is 43.7 Å². The second-order valence-corrected chi connectivity index (χ2v) is 5.41. The summed E-state index contributed by atoms with van der Waals surface area (Å²) in [7, 11) is 4.05. The Morgan fingerprint density at radius 3 is 2.42 bits per heavy atom. The number of hydrogen-bond donors (Lipinski definition) is 2. The van der Waals surface area contributed by atoms with E-state index in [-0.39, 0.29) is 6.61 Å². The molecule has 0 aliphatic rings. The van der Waals surface area contributed by atoms with Crippen molar-refractivity contribution in [3.8, 4) is 0 Å². The summed E-state index contributed by atoms with van der Waals surface area (Å²) in [5, 5.41) is 13.2. The van der Waals surface area contributed by atoms with Crippen LogP contribution in [-0.4, -0.2) is 43.3 Å². The highest BCUT2D eigenvalue weighted by Gasteiger charge is 2.31. The lowest BCUT2D eigenvalue weighted by Crippen LogP contribution is -2.53. The largest absolute Gasteiger partial charge is 0.394 e. The molecule has 1 aromatic rings. The molecule has 2 N–H and O–H groups in total. The predicted molar refractivity (Wildman–Crippen MR) is 81.3 cm³/mol. The molecule has 0 aliphatic carbocycles.